The fourth-order valence-corrected chi connectivity index (χ4v) is 3.88. The fraction of sp³-hybridized carbons (Fsp3) is 0.600. The largest absolute Gasteiger partial charge is 0.356 e. The van der Waals surface area contributed by atoms with Gasteiger partial charge in [0, 0.05) is 26.6 Å². The number of hydrogen-bond donors (Lipinski definition) is 1. The standard InChI is InChI=1S/C20H30N4O/c1-4-24-14-8-12-20(2,15-24)19(25)21-13-7-11-18-22-16-9-5-6-10-17(16)23(18)3/h5-6,9-10H,4,7-8,11-15H2,1-3H3,(H,21,25)/t20-/m0/s1. The maximum absolute atomic E-state index is 12.6. The number of nitrogens with one attached hydrogen (secondary N) is 1. The van der Waals surface area contributed by atoms with Gasteiger partial charge in [-0.15, -0.1) is 0 Å². The van der Waals surface area contributed by atoms with Crippen molar-refractivity contribution in [3.05, 3.63) is 30.1 Å². The van der Waals surface area contributed by atoms with Crippen LogP contribution in [0.2, 0.25) is 0 Å². The first-order valence-corrected chi connectivity index (χ1v) is 9.44. The Morgan fingerprint density at radius 2 is 2.16 bits per heavy atom. The van der Waals surface area contributed by atoms with E-state index in [-0.39, 0.29) is 11.3 Å². The van der Waals surface area contributed by atoms with Crippen LogP contribution in [0.15, 0.2) is 24.3 Å². The van der Waals surface area contributed by atoms with Gasteiger partial charge in [0.05, 0.1) is 16.4 Å². The molecule has 2 heterocycles. The number of amides is 1. The van der Waals surface area contributed by atoms with E-state index in [1.165, 1.54) is 0 Å². The highest BCUT2D eigenvalue weighted by atomic mass is 16.2. The second-order valence-electron chi connectivity index (χ2n) is 7.47. The molecule has 25 heavy (non-hydrogen) atoms. The summed E-state index contributed by atoms with van der Waals surface area (Å²) in [4.78, 5) is 19.7. The summed E-state index contributed by atoms with van der Waals surface area (Å²) in [5.74, 6) is 1.28. The van der Waals surface area contributed by atoms with E-state index in [4.69, 9.17) is 4.98 Å². The number of benzene rings is 1. The third-order valence-corrected chi connectivity index (χ3v) is 5.51. The Kier molecular flexibility index (Phi) is 5.42. The summed E-state index contributed by atoms with van der Waals surface area (Å²) in [6.07, 6.45) is 3.89. The van der Waals surface area contributed by atoms with Crippen molar-refractivity contribution in [1.82, 2.24) is 19.8 Å². The Labute approximate surface area is 150 Å². The van der Waals surface area contributed by atoms with Gasteiger partial charge < -0.3 is 14.8 Å². The Balaban J connectivity index is 1.50. The summed E-state index contributed by atoms with van der Waals surface area (Å²) in [6.45, 7) is 8.00. The molecule has 5 heteroatoms. The van der Waals surface area contributed by atoms with E-state index in [0.29, 0.717) is 6.54 Å². The number of likely N-dealkylation sites (tertiary alicyclic amines) is 1. The highest BCUT2D eigenvalue weighted by Gasteiger charge is 2.36. The maximum atomic E-state index is 12.6. The van der Waals surface area contributed by atoms with Gasteiger partial charge in [-0.25, -0.2) is 4.98 Å². The molecule has 1 atom stereocenters. The lowest BCUT2D eigenvalue weighted by Gasteiger charge is -2.38. The van der Waals surface area contributed by atoms with Gasteiger partial charge in [0.1, 0.15) is 5.82 Å². The number of nitrogens with zero attached hydrogens (tertiary/aromatic N) is 3. The predicted octanol–water partition coefficient (Wildman–Crippen LogP) is 2.74. The number of piperidine rings is 1. The highest BCUT2D eigenvalue weighted by molar-refractivity contribution is 5.82. The molecular formula is C20H30N4O. The molecule has 0 saturated carbocycles. The first-order chi connectivity index (χ1) is 12.0. The molecule has 1 N–H and O–H groups in total. The average Bonchev–Trinajstić information content (AvgIpc) is 2.95. The minimum Gasteiger partial charge on any atom is -0.356 e. The van der Waals surface area contributed by atoms with Gasteiger partial charge in [-0.05, 0) is 51.4 Å². The third-order valence-electron chi connectivity index (χ3n) is 5.51. The van der Waals surface area contributed by atoms with Crippen LogP contribution in [0.4, 0.5) is 0 Å². The molecule has 2 aromatic rings. The van der Waals surface area contributed by atoms with Crippen LogP contribution in [0, 0.1) is 5.41 Å². The monoisotopic (exact) mass is 342 g/mol. The summed E-state index contributed by atoms with van der Waals surface area (Å²) in [5, 5.41) is 3.16. The molecular weight excluding hydrogens is 312 g/mol. The number of para-hydroxylation sites is 2. The molecule has 0 aliphatic carbocycles. The smallest absolute Gasteiger partial charge is 0.227 e. The molecule has 5 nitrogen and oxygen atoms in total. The minimum absolute atomic E-state index is 0.204. The molecule has 1 saturated heterocycles. The molecule has 0 unspecified atom stereocenters. The zero-order chi connectivity index (χ0) is 17.9. The van der Waals surface area contributed by atoms with Crippen molar-refractivity contribution in [2.75, 3.05) is 26.2 Å². The van der Waals surface area contributed by atoms with E-state index in [1.54, 1.807) is 0 Å². The summed E-state index contributed by atoms with van der Waals surface area (Å²) >= 11 is 0. The number of rotatable bonds is 6. The van der Waals surface area contributed by atoms with Crippen LogP contribution >= 0.6 is 0 Å². The lowest BCUT2D eigenvalue weighted by atomic mass is 9.81. The van der Waals surface area contributed by atoms with Crippen LogP contribution in [-0.2, 0) is 18.3 Å². The molecule has 0 spiro atoms. The van der Waals surface area contributed by atoms with Gasteiger partial charge in [-0.1, -0.05) is 19.1 Å². The molecule has 0 radical (unpaired) electrons. The molecule has 1 aromatic carbocycles. The minimum atomic E-state index is -0.244. The summed E-state index contributed by atoms with van der Waals surface area (Å²) in [5.41, 5.74) is 1.96. The summed E-state index contributed by atoms with van der Waals surface area (Å²) < 4.78 is 2.15. The molecule has 1 aliphatic heterocycles. The van der Waals surface area contributed by atoms with Crippen LogP contribution < -0.4 is 5.32 Å². The van der Waals surface area contributed by atoms with Crippen LogP contribution in [-0.4, -0.2) is 46.5 Å². The van der Waals surface area contributed by atoms with E-state index in [9.17, 15) is 4.79 Å². The van der Waals surface area contributed by atoms with Crippen molar-refractivity contribution in [3.8, 4) is 0 Å². The zero-order valence-electron chi connectivity index (χ0n) is 15.7. The Morgan fingerprint density at radius 3 is 2.92 bits per heavy atom. The average molecular weight is 342 g/mol. The second-order valence-corrected chi connectivity index (χ2v) is 7.47. The van der Waals surface area contributed by atoms with Crippen LogP contribution in [0.25, 0.3) is 11.0 Å². The predicted molar refractivity (Wildman–Crippen MR) is 101 cm³/mol. The first kappa shape index (κ1) is 17.9. The summed E-state index contributed by atoms with van der Waals surface area (Å²) in [7, 11) is 2.06. The van der Waals surface area contributed by atoms with Gasteiger partial charge >= 0.3 is 0 Å². The van der Waals surface area contributed by atoms with Crippen LogP contribution in [0.1, 0.15) is 38.9 Å². The topological polar surface area (TPSA) is 50.2 Å². The van der Waals surface area contributed by atoms with Crippen molar-refractivity contribution < 1.29 is 4.79 Å². The number of carbonyl (C=O) groups excluding carboxylic acids is 1. The second kappa shape index (κ2) is 7.56. The number of carbonyl (C=O) groups is 1. The number of aryl methyl sites for hydroxylation is 2. The molecule has 1 aromatic heterocycles. The fourth-order valence-electron chi connectivity index (χ4n) is 3.88. The van der Waals surface area contributed by atoms with Gasteiger partial charge in [-0.2, -0.15) is 0 Å². The van der Waals surface area contributed by atoms with Crippen molar-refractivity contribution in [2.24, 2.45) is 12.5 Å². The van der Waals surface area contributed by atoms with Crippen molar-refractivity contribution >= 4 is 16.9 Å². The van der Waals surface area contributed by atoms with Gasteiger partial charge in [-0.3, -0.25) is 4.79 Å². The number of hydrogen-bond acceptors (Lipinski definition) is 3. The number of imidazole rings is 1. The first-order valence-electron chi connectivity index (χ1n) is 9.44. The van der Waals surface area contributed by atoms with Gasteiger partial charge in [0.2, 0.25) is 5.91 Å². The number of fused-ring (bicyclic) bond motifs is 1. The van der Waals surface area contributed by atoms with E-state index in [0.717, 1.165) is 62.2 Å². The highest BCUT2D eigenvalue weighted by Crippen LogP contribution is 2.29. The summed E-state index contributed by atoms with van der Waals surface area (Å²) in [6, 6.07) is 8.20. The zero-order valence-corrected chi connectivity index (χ0v) is 15.7. The third kappa shape index (κ3) is 3.87. The lowest BCUT2D eigenvalue weighted by Crippen LogP contribution is -2.50. The molecule has 3 rings (SSSR count). The van der Waals surface area contributed by atoms with E-state index >= 15 is 0 Å². The van der Waals surface area contributed by atoms with Crippen molar-refractivity contribution in [2.45, 2.75) is 39.5 Å². The van der Waals surface area contributed by atoms with Gasteiger partial charge in [0.25, 0.3) is 0 Å². The van der Waals surface area contributed by atoms with Crippen molar-refractivity contribution in [3.63, 3.8) is 0 Å². The Hall–Kier alpha value is -1.88. The normalized spacial score (nSPS) is 21.6. The molecule has 136 valence electrons. The maximum Gasteiger partial charge on any atom is 0.227 e. The molecule has 0 bridgehead atoms. The molecule has 1 aliphatic rings. The van der Waals surface area contributed by atoms with E-state index < -0.39 is 0 Å². The van der Waals surface area contributed by atoms with E-state index in [1.807, 2.05) is 18.2 Å². The molecule has 1 amide bonds. The number of aromatic nitrogens is 2. The van der Waals surface area contributed by atoms with Crippen LogP contribution in [0.5, 0.6) is 0 Å². The Morgan fingerprint density at radius 1 is 1.36 bits per heavy atom. The SMILES string of the molecule is CCN1CCC[C@](C)(C(=O)NCCCc2nc3ccccc3n2C)C1. The lowest BCUT2D eigenvalue weighted by molar-refractivity contribution is -0.133. The van der Waals surface area contributed by atoms with Crippen molar-refractivity contribution in [1.29, 1.82) is 0 Å². The van der Waals surface area contributed by atoms with Crippen LogP contribution in [0.3, 0.4) is 0 Å². The Bertz CT molecular complexity index is 738. The van der Waals surface area contributed by atoms with E-state index in [2.05, 4.69) is 41.7 Å². The van der Waals surface area contributed by atoms with Gasteiger partial charge in [0.15, 0.2) is 0 Å². The molecule has 1 fully saturated rings. The quantitative estimate of drug-likeness (QED) is 0.821.